The van der Waals surface area contributed by atoms with Crippen molar-refractivity contribution in [3.63, 3.8) is 0 Å². The van der Waals surface area contributed by atoms with E-state index in [0.29, 0.717) is 21.4 Å². The number of nitrogens with one attached hydrogen (secondary N) is 1. The molecule has 26 heavy (non-hydrogen) atoms. The van der Waals surface area contributed by atoms with Crippen molar-refractivity contribution in [2.24, 2.45) is 0 Å². The van der Waals surface area contributed by atoms with E-state index >= 15 is 0 Å². The van der Waals surface area contributed by atoms with E-state index in [2.05, 4.69) is 27.3 Å². The van der Waals surface area contributed by atoms with E-state index in [0.717, 1.165) is 12.2 Å². The molecule has 0 spiro atoms. The molecule has 132 valence electrons. The summed E-state index contributed by atoms with van der Waals surface area (Å²) >= 11 is 11.8. The number of pyridine rings is 1. The Balaban J connectivity index is 1.66. The van der Waals surface area contributed by atoms with Gasteiger partial charge < -0.3 is 10.2 Å². The summed E-state index contributed by atoms with van der Waals surface area (Å²) in [7, 11) is 1.99. The van der Waals surface area contributed by atoms with Gasteiger partial charge in [-0.2, -0.15) is 0 Å². The van der Waals surface area contributed by atoms with Gasteiger partial charge >= 0.3 is 0 Å². The van der Waals surface area contributed by atoms with Gasteiger partial charge in [0, 0.05) is 19.3 Å². The van der Waals surface area contributed by atoms with Gasteiger partial charge in [-0.25, -0.2) is 4.98 Å². The molecule has 0 aliphatic heterocycles. The Hall–Kier alpha value is -2.56. The Labute approximate surface area is 162 Å². The van der Waals surface area contributed by atoms with Gasteiger partial charge in [0.25, 0.3) is 5.91 Å². The van der Waals surface area contributed by atoms with Crippen LogP contribution in [0.25, 0.3) is 0 Å². The van der Waals surface area contributed by atoms with E-state index in [1.807, 2.05) is 31.3 Å². The molecule has 1 aromatic heterocycles. The highest BCUT2D eigenvalue weighted by molar-refractivity contribution is 6.42. The summed E-state index contributed by atoms with van der Waals surface area (Å²) in [5, 5.41) is 3.58. The van der Waals surface area contributed by atoms with Crippen LogP contribution in [0, 0.1) is 0 Å². The molecule has 1 amide bonds. The molecule has 3 rings (SSSR count). The molecule has 0 aliphatic carbocycles. The minimum Gasteiger partial charge on any atom is -0.369 e. The van der Waals surface area contributed by atoms with Crippen molar-refractivity contribution in [1.82, 2.24) is 4.98 Å². The van der Waals surface area contributed by atoms with Crippen molar-refractivity contribution in [2.45, 2.75) is 6.54 Å². The van der Waals surface area contributed by atoms with Crippen LogP contribution in [0.1, 0.15) is 16.1 Å². The lowest BCUT2D eigenvalue weighted by molar-refractivity contribution is 0.102. The van der Waals surface area contributed by atoms with Crippen molar-refractivity contribution < 1.29 is 4.79 Å². The second kappa shape index (κ2) is 8.21. The Bertz CT molecular complexity index is 899. The molecule has 0 atom stereocenters. The largest absolute Gasteiger partial charge is 0.369 e. The number of nitrogens with zero attached hydrogens (tertiary/aromatic N) is 2. The fourth-order valence-electron chi connectivity index (χ4n) is 2.46. The number of aromatic nitrogens is 1. The molecule has 0 saturated carbocycles. The van der Waals surface area contributed by atoms with Crippen LogP contribution in [0.2, 0.25) is 10.0 Å². The molecular formula is C20H17Cl2N3O. The molecule has 6 heteroatoms. The third kappa shape index (κ3) is 4.54. The Morgan fingerprint density at radius 2 is 1.81 bits per heavy atom. The Kier molecular flexibility index (Phi) is 5.76. The van der Waals surface area contributed by atoms with Gasteiger partial charge in [0.15, 0.2) is 0 Å². The summed E-state index contributed by atoms with van der Waals surface area (Å²) in [4.78, 5) is 18.7. The summed E-state index contributed by atoms with van der Waals surface area (Å²) in [5.41, 5.74) is 3.03. The van der Waals surface area contributed by atoms with Crippen LogP contribution in [0.4, 0.5) is 11.4 Å². The first kappa shape index (κ1) is 18.2. The number of hydrogen-bond acceptors (Lipinski definition) is 3. The SMILES string of the molecule is CN(Cc1ccccc1)c1ccc(C(=O)Nc2ccc(Cl)c(Cl)c2)nc1. The maximum Gasteiger partial charge on any atom is 0.274 e. The minimum absolute atomic E-state index is 0.305. The zero-order valence-electron chi connectivity index (χ0n) is 14.1. The van der Waals surface area contributed by atoms with Gasteiger partial charge in [-0.05, 0) is 35.9 Å². The molecule has 1 N–H and O–H groups in total. The first-order chi connectivity index (χ1) is 12.5. The van der Waals surface area contributed by atoms with Crippen LogP contribution in [-0.2, 0) is 6.54 Å². The number of amides is 1. The first-order valence-electron chi connectivity index (χ1n) is 8.00. The van der Waals surface area contributed by atoms with E-state index in [-0.39, 0.29) is 5.91 Å². The molecule has 2 aromatic carbocycles. The van der Waals surface area contributed by atoms with Crippen LogP contribution in [0.5, 0.6) is 0 Å². The standard InChI is InChI=1S/C20H17Cl2N3O/c1-25(13-14-5-3-2-4-6-14)16-8-10-19(23-12-16)20(26)24-15-7-9-17(21)18(22)11-15/h2-12H,13H2,1H3,(H,24,26). The maximum atomic E-state index is 12.3. The highest BCUT2D eigenvalue weighted by Crippen LogP contribution is 2.25. The molecule has 1 heterocycles. The number of hydrogen-bond donors (Lipinski definition) is 1. The lowest BCUT2D eigenvalue weighted by Crippen LogP contribution is -2.18. The predicted molar refractivity (Wildman–Crippen MR) is 107 cm³/mol. The molecule has 4 nitrogen and oxygen atoms in total. The van der Waals surface area contributed by atoms with E-state index in [1.165, 1.54) is 5.56 Å². The van der Waals surface area contributed by atoms with Crippen LogP contribution >= 0.6 is 23.2 Å². The smallest absolute Gasteiger partial charge is 0.274 e. The lowest BCUT2D eigenvalue weighted by atomic mass is 10.2. The fraction of sp³-hybridized carbons (Fsp3) is 0.100. The first-order valence-corrected chi connectivity index (χ1v) is 8.76. The molecule has 0 radical (unpaired) electrons. The molecule has 3 aromatic rings. The van der Waals surface area contributed by atoms with Crippen LogP contribution in [0.15, 0.2) is 66.9 Å². The monoisotopic (exact) mass is 385 g/mol. The van der Waals surface area contributed by atoms with E-state index in [1.54, 1.807) is 30.5 Å². The number of anilines is 2. The summed E-state index contributed by atoms with van der Waals surface area (Å²) in [5.74, 6) is -0.305. The average molecular weight is 386 g/mol. The minimum atomic E-state index is -0.305. The van der Waals surface area contributed by atoms with Gasteiger partial charge in [-0.1, -0.05) is 53.5 Å². The second-order valence-corrected chi connectivity index (χ2v) is 6.64. The summed E-state index contributed by atoms with van der Waals surface area (Å²) in [6.07, 6.45) is 1.69. The van der Waals surface area contributed by atoms with Crippen LogP contribution in [-0.4, -0.2) is 17.9 Å². The van der Waals surface area contributed by atoms with E-state index in [4.69, 9.17) is 23.2 Å². The van der Waals surface area contributed by atoms with Gasteiger partial charge in [0.2, 0.25) is 0 Å². The number of benzene rings is 2. The Morgan fingerprint density at radius 1 is 1.04 bits per heavy atom. The summed E-state index contributed by atoms with van der Waals surface area (Å²) in [6, 6.07) is 18.7. The van der Waals surface area contributed by atoms with Crippen LogP contribution < -0.4 is 10.2 Å². The number of halogens is 2. The zero-order chi connectivity index (χ0) is 18.5. The van der Waals surface area contributed by atoms with Gasteiger partial charge in [0.05, 0.1) is 21.9 Å². The number of carbonyl (C=O) groups is 1. The maximum absolute atomic E-state index is 12.3. The highest BCUT2D eigenvalue weighted by Gasteiger charge is 2.10. The van der Waals surface area contributed by atoms with Crippen molar-refractivity contribution in [3.05, 3.63) is 88.2 Å². The molecule has 0 fully saturated rings. The summed E-state index contributed by atoms with van der Waals surface area (Å²) in [6.45, 7) is 0.761. The average Bonchev–Trinajstić information content (AvgIpc) is 2.65. The van der Waals surface area contributed by atoms with E-state index < -0.39 is 0 Å². The van der Waals surface area contributed by atoms with Gasteiger partial charge in [-0.3, -0.25) is 4.79 Å². The predicted octanol–water partition coefficient (Wildman–Crippen LogP) is 5.28. The summed E-state index contributed by atoms with van der Waals surface area (Å²) < 4.78 is 0. The lowest BCUT2D eigenvalue weighted by Gasteiger charge is -2.19. The second-order valence-electron chi connectivity index (χ2n) is 5.83. The van der Waals surface area contributed by atoms with Crippen molar-refractivity contribution in [1.29, 1.82) is 0 Å². The van der Waals surface area contributed by atoms with Crippen molar-refractivity contribution in [2.75, 3.05) is 17.3 Å². The fourth-order valence-corrected chi connectivity index (χ4v) is 2.76. The third-order valence-corrected chi connectivity index (χ3v) is 4.60. The molecule has 0 aliphatic rings. The van der Waals surface area contributed by atoms with Crippen molar-refractivity contribution in [3.8, 4) is 0 Å². The van der Waals surface area contributed by atoms with Crippen LogP contribution in [0.3, 0.4) is 0 Å². The molecule has 0 unspecified atom stereocenters. The molecular weight excluding hydrogens is 369 g/mol. The topological polar surface area (TPSA) is 45.2 Å². The quantitative estimate of drug-likeness (QED) is 0.649. The van der Waals surface area contributed by atoms with Gasteiger partial charge in [-0.15, -0.1) is 0 Å². The number of carbonyl (C=O) groups excluding carboxylic acids is 1. The third-order valence-electron chi connectivity index (χ3n) is 3.86. The Morgan fingerprint density at radius 3 is 2.46 bits per heavy atom. The molecule has 0 saturated heterocycles. The van der Waals surface area contributed by atoms with Crippen molar-refractivity contribution >= 4 is 40.5 Å². The van der Waals surface area contributed by atoms with E-state index in [9.17, 15) is 4.79 Å². The van der Waals surface area contributed by atoms with Gasteiger partial charge in [0.1, 0.15) is 5.69 Å². The normalized spacial score (nSPS) is 10.4. The number of rotatable bonds is 5. The molecule has 0 bridgehead atoms. The zero-order valence-corrected chi connectivity index (χ0v) is 15.6. The highest BCUT2D eigenvalue weighted by atomic mass is 35.5.